The fraction of sp³-hybridized carbons (Fsp3) is 0.462. The second kappa shape index (κ2) is 6.23. The van der Waals surface area contributed by atoms with Crippen LogP contribution in [0.5, 0.6) is 0 Å². The zero-order valence-corrected chi connectivity index (χ0v) is 12.4. The minimum absolute atomic E-state index is 0.0122. The largest absolute Gasteiger partial charge is 0.481 e. The number of carbonyl (C=O) groups is 3. The molecule has 2 rings (SSSR count). The minimum Gasteiger partial charge on any atom is -0.481 e. The van der Waals surface area contributed by atoms with Crippen molar-refractivity contribution in [2.45, 2.75) is 6.92 Å². The first kappa shape index (κ1) is 15.5. The number of nitrogens with two attached hydrogens (primary N) is 1. The topological polar surface area (TPSA) is 113 Å². The van der Waals surface area contributed by atoms with Crippen molar-refractivity contribution in [2.24, 2.45) is 17.6 Å². The Kier molecular flexibility index (Phi) is 4.59. The molecule has 1 fully saturated rings. The number of carboxylic acids is 1. The Balaban J connectivity index is 1.92. The fourth-order valence-corrected chi connectivity index (χ4v) is 3.30. The fourth-order valence-electron chi connectivity index (χ4n) is 2.49. The van der Waals surface area contributed by atoms with Crippen LogP contribution in [0, 0.1) is 11.8 Å². The first-order chi connectivity index (χ1) is 9.88. The molecule has 0 radical (unpaired) electrons. The molecule has 7 nitrogen and oxygen atoms in total. The number of amides is 2. The Bertz CT molecular complexity index is 572. The van der Waals surface area contributed by atoms with Gasteiger partial charge in [-0.15, -0.1) is 11.3 Å². The molecule has 114 valence electrons. The number of nitrogens with zero attached hydrogens (tertiary/aromatic N) is 1. The van der Waals surface area contributed by atoms with Gasteiger partial charge in [0.25, 0.3) is 5.91 Å². The summed E-state index contributed by atoms with van der Waals surface area (Å²) in [5.74, 6) is -2.14. The maximum Gasteiger partial charge on any atom is 0.308 e. The van der Waals surface area contributed by atoms with Crippen molar-refractivity contribution >= 4 is 34.1 Å². The quantitative estimate of drug-likeness (QED) is 0.730. The van der Waals surface area contributed by atoms with E-state index in [9.17, 15) is 14.4 Å². The average Bonchev–Trinajstić information content (AvgIpc) is 2.95. The molecule has 0 spiro atoms. The first-order valence-corrected chi connectivity index (χ1v) is 7.38. The number of likely N-dealkylation sites (tertiary alicyclic amines) is 1. The van der Waals surface area contributed by atoms with E-state index in [1.165, 1.54) is 11.3 Å². The number of carbonyl (C=O) groups excluding carboxylic acids is 2. The number of hydrogen-bond donors (Lipinski definition) is 3. The summed E-state index contributed by atoms with van der Waals surface area (Å²) in [7, 11) is 0. The van der Waals surface area contributed by atoms with Crippen LogP contribution in [0.4, 0.5) is 5.00 Å². The maximum atomic E-state index is 12.0. The molecule has 0 aromatic carbocycles. The summed E-state index contributed by atoms with van der Waals surface area (Å²) in [5.41, 5.74) is 5.49. The highest BCUT2D eigenvalue weighted by molar-refractivity contribution is 7.14. The van der Waals surface area contributed by atoms with Crippen LogP contribution in [0.25, 0.3) is 0 Å². The number of primary amides is 1. The summed E-state index contributed by atoms with van der Waals surface area (Å²) >= 11 is 1.22. The molecule has 1 aromatic heterocycles. The van der Waals surface area contributed by atoms with Gasteiger partial charge in [-0.05, 0) is 17.4 Å². The molecule has 2 amide bonds. The van der Waals surface area contributed by atoms with E-state index in [1.54, 1.807) is 16.3 Å². The van der Waals surface area contributed by atoms with Crippen molar-refractivity contribution in [3.63, 3.8) is 0 Å². The van der Waals surface area contributed by atoms with Gasteiger partial charge in [0.2, 0.25) is 5.91 Å². The Morgan fingerprint density at radius 1 is 1.48 bits per heavy atom. The van der Waals surface area contributed by atoms with Crippen molar-refractivity contribution in [3.05, 3.63) is 17.0 Å². The predicted octanol–water partition coefficient (Wildman–Crippen LogP) is 0.438. The number of hydrogen-bond acceptors (Lipinski definition) is 5. The lowest BCUT2D eigenvalue weighted by molar-refractivity contribution is -0.142. The molecule has 0 aliphatic carbocycles. The van der Waals surface area contributed by atoms with E-state index in [2.05, 4.69) is 5.32 Å². The monoisotopic (exact) mass is 311 g/mol. The third-order valence-electron chi connectivity index (χ3n) is 3.56. The Labute approximate surface area is 125 Å². The highest BCUT2D eigenvalue weighted by atomic mass is 32.1. The zero-order valence-electron chi connectivity index (χ0n) is 11.5. The van der Waals surface area contributed by atoms with Crippen LogP contribution >= 0.6 is 11.3 Å². The van der Waals surface area contributed by atoms with Crippen molar-refractivity contribution in [2.75, 3.05) is 25.0 Å². The molecular weight excluding hydrogens is 294 g/mol. The lowest BCUT2D eigenvalue weighted by Crippen LogP contribution is -2.32. The summed E-state index contributed by atoms with van der Waals surface area (Å²) in [4.78, 5) is 36.0. The number of carboxylic acid groups (broad SMARTS) is 1. The van der Waals surface area contributed by atoms with Crippen molar-refractivity contribution in [1.29, 1.82) is 0 Å². The van der Waals surface area contributed by atoms with E-state index < -0.39 is 17.8 Å². The minimum atomic E-state index is -0.834. The normalized spacial score (nSPS) is 22.1. The highest BCUT2D eigenvalue weighted by Gasteiger charge is 2.35. The van der Waals surface area contributed by atoms with Gasteiger partial charge in [-0.3, -0.25) is 19.3 Å². The number of thiophene rings is 1. The second-order valence-electron chi connectivity index (χ2n) is 5.19. The molecule has 1 aliphatic rings. The van der Waals surface area contributed by atoms with Gasteiger partial charge < -0.3 is 16.2 Å². The van der Waals surface area contributed by atoms with Gasteiger partial charge in [-0.25, -0.2) is 0 Å². The molecule has 0 bridgehead atoms. The van der Waals surface area contributed by atoms with E-state index in [4.69, 9.17) is 10.8 Å². The third kappa shape index (κ3) is 3.59. The van der Waals surface area contributed by atoms with E-state index in [0.717, 1.165) is 0 Å². The van der Waals surface area contributed by atoms with Crippen LogP contribution in [0.15, 0.2) is 11.4 Å². The Morgan fingerprint density at radius 3 is 2.76 bits per heavy atom. The molecule has 1 saturated heterocycles. The van der Waals surface area contributed by atoms with Gasteiger partial charge in [-0.2, -0.15) is 0 Å². The third-order valence-corrected chi connectivity index (χ3v) is 4.39. The van der Waals surface area contributed by atoms with E-state index in [1.807, 2.05) is 6.92 Å². The molecule has 2 atom stereocenters. The molecule has 1 aliphatic heterocycles. The van der Waals surface area contributed by atoms with E-state index >= 15 is 0 Å². The summed E-state index contributed by atoms with van der Waals surface area (Å²) in [6.45, 7) is 2.89. The first-order valence-electron chi connectivity index (χ1n) is 6.50. The molecule has 0 unspecified atom stereocenters. The van der Waals surface area contributed by atoms with Gasteiger partial charge in [0, 0.05) is 13.1 Å². The molecule has 1 aromatic rings. The van der Waals surface area contributed by atoms with E-state index in [0.29, 0.717) is 18.1 Å². The molecule has 8 heteroatoms. The standard InChI is InChI=1S/C13H17N3O4S/c1-7-4-16(5-9(7)13(19)20)6-10(17)15-12-8(11(14)18)2-3-21-12/h2-3,7,9H,4-6H2,1H3,(H2,14,18)(H,15,17)(H,19,20)/t7-,9-/m1/s1. The Hall–Kier alpha value is -1.93. The molecule has 21 heavy (non-hydrogen) atoms. The lowest BCUT2D eigenvalue weighted by Gasteiger charge is -2.14. The molecule has 4 N–H and O–H groups in total. The SMILES string of the molecule is C[C@@H]1CN(CC(=O)Nc2sccc2C(N)=O)C[C@H]1C(=O)O. The van der Waals surface area contributed by atoms with Gasteiger partial charge >= 0.3 is 5.97 Å². The van der Waals surface area contributed by atoms with Crippen LogP contribution in [-0.4, -0.2) is 47.4 Å². The maximum absolute atomic E-state index is 12.0. The Morgan fingerprint density at radius 2 is 2.19 bits per heavy atom. The lowest BCUT2D eigenvalue weighted by atomic mass is 9.99. The summed E-state index contributed by atoms with van der Waals surface area (Å²) in [5, 5.41) is 13.8. The average molecular weight is 311 g/mol. The van der Waals surface area contributed by atoms with Crippen LogP contribution in [0.1, 0.15) is 17.3 Å². The van der Waals surface area contributed by atoms with Crippen LogP contribution in [0.3, 0.4) is 0 Å². The molecule has 2 heterocycles. The van der Waals surface area contributed by atoms with E-state index in [-0.39, 0.29) is 23.9 Å². The molecule has 0 saturated carbocycles. The number of anilines is 1. The second-order valence-corrected chi connectivity index (χ2v) is 6.11. The van der Waals surface area contributed by atoms with Crippen molar-refractivity contribution in [1.82, 2.24) is 4.90 Å². The van der Waals surface area contributed by atoms with Gasteiger partial charge in [0.05, 0.1) is 18.0 Å². The van der Waals surface area contributed by atoms with Crippen molar-refractivity contribution in [3.8, 4) is 0 Å². The number of nitrogens with one attached hydrogen (secondary N) is 1. The van der Waals surface area contributed by atoms with Crippen LogP contribution in [-0.2, 0) is 9.59 Å². The predicted molar refractivity (Wildman–Crippen MR) is 78.2 cm³/mol. The van der Waals surface area contributed by atoms with Gasteiger partial charge in [-0.1, -0.05) is 6.92 Å². The number of rotatable bonds is 5. The van der Waals surface area contributed by atoms with Gasteiger partial charge in [0.15, 0.2) is 0 Å². The number of aliphatic carboxylic acids is 1. The summed E-state index contributed by atoms with van der Waals surface area (Å²) < 4.78 is 0. The summed E-state index contributed by atoms with van der Waals surface area (Å²) in [6.07, 6.45) is 0. The van der Waals surface area contributed by atoms with Crippen LogP contribution in [0.2, 0.25) is 0 Å². The zero-order chi connectivity index (χ0) is 15.6. The summed E-state index contributed by atoms with van der Waals surface area (Å²) in [6, 6.07) is 1.56. The highest BCUT2D eigenvalue weighted by Crippen LogP contribution is 2.24. The smallest absolute Gasteiger partial charge is 0.308 e. The van der Waals surface area contributed by atoms with Crippen LogP contribution < -0.4 is 11.1 Å². The molecular formula is C13H17N3O4S. The van der Waals surface area contributed by atoms with Crippen molar-refractivity contribution < 1.29 is 19.5 Å². The van der Waals surface area contributed by atoms with Gasteiger partial charge in [0.1, 0.15) is 5.00 Å².